The van der Waals surface area contributed by atoms with E-state index in [-0.39, 0.29) is 11.3 Å². The highest BCUT2D eigenvalue weighted by Gasteiger charge is 2.63. The number of rotatable bonds is 3. The van der Waals surface area contributed by atoms with Gasteiger partial charge in [0.15, 0.2) is 0 Å². The van der Waals surface area contributed by atoms with Crippen LogP contribution in [-0.4, -0.2) is 9.13 Å². The zero-order valence-electron chi connectivity index (χ0n) is 25.0. The summed E-state index contributed by atoms with van der Waals surface area (Å²) in [6.45, 7) is 0. The van der Waals surface area contributed by atoms with Gasteiger partial charge < -0.3 is 13.6 Å². The number of fused-ring (bicyclic) bond motifs is 11. The van der Waals surface area contributed by atoms with E-state index in [9.17, 15) is 0 Å². The van der Waals surface area contributed by atoms with Gasteiger partial charge >= 0.3 is 0 Å². The lowest BCUT2D eigenvalue weighted by Crippen LogP contribution is -2.18. The van der Waals surface area contributed by atoms with Crippen LogP contribution in [0.2, 0.25) is 0 Å². The summed E-state index contributed by atoms with van der Waals surface area (Å²) in [7, 11) is 0. The van der Waals surface area contributed by atoms with E-state index < -0.39 is 0 Å². The van der Waals surface area contributed by atoms with Crippen molar-refractivity contribution in [3.8, 4) is 5.69 Å². The summed E-state index contributed by atoms with van der Waals surface area (Å²) in [5.41, 5.74) is 10.7. The third-order valence-corrected chi connectivity index (χ3v) is 10.7. The van der Waals surface area contributed by atoms with Gasteiger partial charge in [-0.25, -0.2) is 0 Å². The number of nitrogens with zero attached hydrogens (tertiary/aromatic N) is 2. The van der Waals surface area contributed by atoms with Gasteiger partial charge in [0, 0.05) is 49.8 Å². The van der Waals surface area contributed by atoms with E-state index in [2.05, 4.69) is 161 Å². The van der Waals surface area contributed by atoms with Crippen molar-refractivity contribution in [2.75, 3.05) is 0 Å². The summed E-state index contributed by atoms with van der Waals surface area (Å²) in [5, 5.41) is 6.32. The van der Waals surface area contributed by atoms with Crippen LogP contribution in [0.4, 0.5) is 0 Å². The molecule has 2 aliphatic rings. The Balaban J connectivity index is 1.18. The topological polar surface area (TPSA) is 23.0 Å². The SMILES string of the molecule is C1=C(n2c3ccccc3c3ccccc32)C2CC2(c2cccc(-n3c4ccccc4c4ccccc43)c2)c2oc3ccccc3c21. The van der Waals surface area contributed by atoms with Gasteiger partial charge in [-0.1, -0.05) is 103 Å². The van der Waals surface area contributed by atoms with E-state index in [1.165, 1.54) is 71.5 Å². The van der Waals surface area contributed by atoms with Crippen LogP contribution < -0.4 is 0 Å². The molecule has 2 atom stereocenters. The summed E-state index contributed by atoms with van der Waals surface area (Å²) in [6.07, 6.45) is 3.43. The summed E-state index contributed by atoms with van der Waals surface area (Å²) in [6, 6.07) is 52.9. The quantitative estimate of drug-likeness (QED) is 0.201. The first-order valence-electron chi connectivity index (χ1n) is 16.1. The van der Waals surface area contributed by atoms with Crippen molar-refractivity contribution >= 4 is 66.4 Å². The normalized spacial score (nSPS) is 18.8. The second kappa shape index (κ2) is 8.68. The number of hydrogen-bond donors (Lipinski definition) is 0. The lowest BCUT2D eigenvalue weighted by molar-refractivity contribution is 0.500. The smallest absolute Gasteiger partial charge is 0.134 e. The van der Waals surface area contributed by atoms with Gasteiger partial charge in [0.1, 0.15) is 11.3 Å². The molecular formula is C43H28N2O. The Kier molecular flexibility index (Phi) is 4.62. The van der Waals surface area contributed by atoms with E-state index in [0.717, 1.165) is 17.8 Å². The lowest BCUT2D eigenvalue weighted by Gasteiger charge is -2.25. The molecule has 0 saturated heterocycles. The Morgan fingerprint density at radius 1 is 0.522 bits per heavy atom. The average Bonchev–Trinajstić information content (AvgIpc) is 3.47. The number of furan rings is 1. The van der Waals surface area contributed by atoms with Crippen LogP contribution in [0.3, 0.4) is 0 Å². The number of para-hydroxylation sites is 5. The predicted molar refractivity (Wildman–Crippen MR) is 189 cm³/mol. The zero-order chi connectivity index (χ0) is 30.0. The number of aromatic nitrogens is 2. The molecule has 0 N–H and O–H groups in total. The molecule has 11 rings (SSSR count). The van der Waals surface area contributed by atoms with Gasteiger partial charge in [-0.05, 0) is 60.5 Å². The van der Waals surface area contributed by atoms with E-state index in [4.69, 9.17) is 4.42 Å². The third-order valence-electron chi connectivity index (χ3n) is 10.7. The molecule has 0 radical (unpaired) electrons. The van der Waals surface area contributed by atoms with Crippen LogP contribution >= 0.6 is 0 Å². The second-order valence-electron chi connectivity index (χ2n) is 12.9. The van der Waals surface area contributed by atoms with Crippen molar-refractivity contribution in [3.63, 3.8) is 0 Å². The van der Waals surface area contributed by atoms with Gasteiger partial charge in [-0.2, -0.15) is 0 Å². The predicted octanol–water partition coefficient (Wildman–Crippen LogP) is 11.0. The first-order chi connectivity index (χ1) is 22.8. The van der Waals surface area contributed by atoms with Gasteiger partial charge in [0.05, 0.1) is 27.5 Å². The molecule has 3 aromatic heterocycles. The Hall–Kier alpha value is -5.80. The summed E-state index contributed by atoms with van der Waals surface area (Å²) >= 11 is 0. The number of allylic oxidation sites excluding steroid dienone is 1. The minimum Gasteiger partial charge on any atom is -0.459 e. The van der Waals surface area contributed by atoms with E-state index in [1.807, 2.05) is 0 Å². The van der Waals surface area contributed by atoms with Crippen LogP contribution in [-0.2, 0) is 5.41 Å². The molecule has 1 fully saturated rings. The Bertz CT molecular complexity index is 2650. The fourth-order valence-corrected chi connectivity index (χ4v) is 8.65. The molecule has 6 aromatic carbocycles. The molecule has 2 aliphatic carbocycles. The molecule has 0 spiro atoms. The molecule has 0 amide bonds. The first kappa shape index (κ1) is 24.5. The van der Waals surface area contributed by atoms with Gasteiger partial charge in [0.25, 0.3) is 0 Å². The van der Waals surface area contributed by atoms with Crippen LogP contribution in [0.5, 0.6) is 0 Å². The first-order valence-corrected chi connectivity index (χ1v) is 16.1. The summed E-state index contributed by atoms with van der Waals surface area (Å²) in [4.78, 5) is 0. The summed E-state index contributed by atoms with van der Waals surface area (Å²) < 4.78 is 11.8. The van der Waals surface area contributed by atoms with Gasteiger partial charge in [0.2, 0.25) is 0 Å². The molecule has 1 saturated carbocycles. The monoisotopic (exact) mass is 588 g/mol. The Morgan fingerprint density at radius 3 is 1.65 bits per heavy atom. The minimum absolute atomic E-state index is 0.250. The minimum atomic E-state index is -0.250. The van der Waals surface area contributed by atoms with Crippen molar-refractivity contribution in [3.05, 3.63) is 162 Å². The lowest BCUT2D eigenvalue weighted by atomic mass is 9.83. The van der Waals surface area contributed by atoms with Crippen molar-refractivity contribution in [1.29, 1.82) is 0 Å². The molecule has 3 heterocycles. The van der Waals surface area contributed by atoms with Crippen molar-refractivity contribution in [2.24, 2.45) is 5.92 Å². The maximum atomic E-state index is 6.85. The standard InChI is InChI=1S/C43H28N2O/c1-6-19-36-29(14-1)30-15-2-7-20-37(30)44(36)28-13-11-12-27(24-28)43-26-35(43)40(25-34-33-18-5-10-23-41(33)46-42(34)43)45-38-21-8-3-16-31(38)32-17-4-9-22-39(32)45/h1-25,35H,26H2. The molecule has 3 heteroatoms. The summed E-state index contributed by atoms with van der Waals surface area (Å²) in [5.74, 6) is 1.38. The second-order valence-corrected chi connectivity index (χ2v) is 12.9. The van der Waals surface area contributed by atoms with Crippen LogP contribution in [0.1, 0.15) is 23.3 Å². The highest BCUT2D eigenvalue weighted by molar-refractivity contribution is 6.12. The molecule has 9 aromatic rings. The third kappa shape index (κ3) is 3.02. The van der Waals surface area contributed by atoms with E-state index >= 15 is 0 Å². The fourth-order valence-electron chi connectivity index (χ4n) is 8.65. The van der Waals surface area contributed by atoms with Crippen molar-refractivity contribution in [1.82, 2.24) is 9.13 Å². The Morgan fingerprint density at radius 2 is 1.04 bits per heavy atom. The zero-order valence-corrected chi connectivity index (χ0v) is 25.0. The average molecular weight is 589 g/mol. The molecule has 216 valence electrons. The molecule has 3 nitrogen and oxygen atoms in total. The molecule has 46 heavy (non-hydrogen) atoms. The van der Waals surface area contributed by atoms with E-state index in [0.29, 0.717) is 0 Å². The number of hydrogen-bond acceptors (Lipinski definition) is 1. The van der Waals surface area contributed by atoms with Crippen molar-refractivity contribution in [2.45, 2.75) is 11.8 Å². The van der Waals surface area contributed by atoms with Crippen molar-refractivity contribution < 1.29 is 4.42 Å². The highest BCUT2D eigenvalue weighted by Crippen LogP contribution is 2.68. The maximum absolute atomic E-state index is 6.85. The molecule has 0 bridgehead atoms. The fraction of sp³-hybridized carbons (Fsp3) is 0.0698. The molecule has 2 unspecified atom stereocenters. The van der Waals surface area contributed by atoms with Crippen LogP contribution in [0.15, 0.2) is 150 Å². The highest BCUT2D eigenvalue weighted by atomic mass is 16.3. The molecule has 0 aliphatic heterocycles. The van der Waals surface area contributed by atoms with Gasteiger partial charge in [-0.3, -0.25) is 0 Å². The van der Waals surface area contributed by atoms with Crippen LogP contribution in [0, 0.1) is 5.92 Å². The largest absolute Gasteiger partial charge is 0.459 e. The van der Waals surface area contributed by atoms with Crippen LogP contribution in [0.25, 0.3) is 72.0 Å². The van der Waals surface area contributed by atoms with Gasteiger partial charge in [-0.15, -0.1) is 0 Å². The molecular weight excluding hydrogens is 560 g/mol. The number of benzene rings is 6. The van der Waals surface area contributed by atoms with E-state index in [1.54, 1.807) is 0 Å². The Labute approximate surface area is 265 Å². The maximum Gasteiger partial charge on any atom is 0.134 e.